The topological polar surface area (TPSA) is 93.1 Å². The van der Waals surface area contributed by atoms with E-state index in [1.54, 1.807) is 6.92 Å². The number of hydrogen-bond donors (Lipinski definition) is 2. The SMILES string of the molecule is CCCCCCCCCCCCCCCCC(OP(=O)(O)O)C(=O)OCC. The summed E-state index contributed by atoms with van der Waals surface area (Å²) >= 11 is 0. The Morgan fingerprint density at radius 3 is 1.56 bits per heavy atom. The minimum atomic E-state index is -4.69. The summed E-state index contributed by atoms with van der Waals surface area (Å²) in [5, 5.41) is 0. The molecule has 0 bridgehead atoms. The number of rotatable bonds is 19. The van der Waals surface area contributed by atoms with Gasteiger partial charge in [-0.3, -0.25) is 4.52 Å². The summed E-state index contributed by atoms with van der Waals surface area (Å²) in [5.74, 6) is -0.699. The van der Waals surface area contributed by atoms with Crippen LogP contribution in [0.15, 0.2) is 0 Å². The predicted molar refractivity (Wildman–Crippen MR) is 108 cm³/mol. The Labute approximate surface area is 165 Å². The number of hydrogen-bond acceptors (Lipinski definition) is 4. The van der Waals surface area contributed by atoms with E-state index in [0.717, 1.165) is 12.8 Å². The van der Waals surface area contributed by atoms with E-state index in [-0.39, 0.29) is 13.0 Å². The van der Waals surface area contributed by atoms with Gasteiger partial charge in [-0.05, 0) is 13.3 Å². The van der Waals surface area contributed by atoms with Crippen LogP contribution in [-0.2, 0) is 18.6 Å². The van der Waals surface area contributed by atoms with Gasteiger partial charge in [0.05, 0.1) is 6.61 Å². The van der Waals surface area contributed by atoms with Gasteiger partial charge in [0.1, 0.15) is 0 Å². The minimum absolute atomic E-state index is 0.165. The Kier molecular flexibility index (Phi) is 17.4. The summed E-state index contributed by atoms with van der Waals surface area (Å²) in [4.78, 5) is 29.5. The van der Waals surface area contributed by atoms with Crippen LogP contribution < -0.4 is 0 Å². The molecule has 0 aromatic carbocycles. The van der Waals surface area contributed by atoms with Crippen molar-refractivity contribution in [2.24, 2.45) is 0 Å². The number of esters is 1. The van der Waals surface area contributed by atoms with E-state index in [1.165, 1.54) is 70.6 Å². The second-order valence-electron chi connectivity index (χ2n) is 7.22. The zero-order valence-corrected chi connectivity index (χ0v) is 18.3. The third-order valence-corrected chi connectivity index (χ3v) is 5.16. The molecule has 1 atom stereocenters. The van der Waals surface area contributed by atoms with E-state index in [2.05, 4.69) is 11.4 Å². The van der Waals surface area contributed by atoms with Crippen molar-refractivity contribution in [3.63, 3.8) is 0 Å². The molecule has 0 saturated heterocycles. The van der Waals surface area contributed by atoms with E-state index in [9.17, 15) is 9.36 Å². The maximum atomic E-state index is 11.7. The van der Waals surface area contributed by atoms with Crippen molar-refractivity contribution in [2.45, 2.75) is 116 Å². The fourth-order valence-electron chi connectivity index (χ4n) is 3.14. The van der Waals surface area contributed by atoms with Crippen LogP contribution in [0.1, 0.15) is 110 Å². The number of unbranched alkanes of at least 4 members (excludes halogenated alkanes) is 13. The molecule has 27 heavy (non-hydrogen) atoms. The highest BCUT2D eigenvalue weighted by Crippen LogP contribution is 2.38. The van der Waals surface area contributed by atoms with Gasteiger partial charge in [0.25, 0.3) is 0 Å². The Morgan fingerprint density at radius 1 is 0.778 bits per heavy atom. The molecule has 0 saturated carbocycles. The quantitative estimate of drug-likeness (QED) is 0.157. The van der Waals surface area contributed by atoms with Crippen LogP contribution in [0, 0.1) is 0 Å². The van der Waals surface area contributed by atoms with Crippen LogP contribution >= 0.6 is 7.82 Å². The van der Waals surface area contributed by atoms with Crippen LogP contribution in [0.3, 0.4) is 0 Å². The monoisotopic (exact) mass is 408 g/mol. The maximum absolute atomic E-state index is 11.7. The Morgan fingerprint density at radius 2 is 1.19 bits per heavy atom. The molecule has 0 fully saturated rings. The molecule has 2 N–H and O–H groups in total. The predicted octanol–water partition coefficient (Wildman–Crippen LogP) is 5.90. The average Bonchev–Trinajstić information content (AvgIpc) is 2.60. The Hall–Kier alpha value is -0.420. The molecule has 0 aromatic heterocycles. The van der Waals surface area contributed by atoms with Crippen molar-refractivity contribution >= 4 is 13.8 Å². The summed E-state index contributed by atoms with van der Waals surface area (Å²) in [6.45, 7) is 4.06. The fourth-order valence-corrected chi connectivity index (χ4v) is 3.66. The van der Waals surface area contributed by atoms with Gasteiger partial charge in [0.2, 0.25) is 0 Å². The van der Waals surface area contributed by atoms with Crippen LogP contribution in [-0.4, -0.2) is 28.5 Å². The summed E-state index contributed by atoms with van der Waals surface area (Å²) in [6, 6.07) is 0. The first-order valence-corrected chi connectivity index (χ1v) is 12.3. The first-order chi connectivity index (χ1) is 12.9. The number of carbonyl (C=O) groups excluding carboxylic acids is 1. The van der Waals surface area contributed by atoms with Gasteiger partial charge < -0.3 is 14.5 Å². The van der Waals surface area contributed by atoms with Gasteiger partial charge in [0, 0.05) is 0 Å². The molecular weight excluding hydrogens is 367 g/mol. The van der Waals surface area contributed by atoms with Crippen LogP contribution in [0.2, 0.25) is 0 Å². The molecule has 162 valence electrons. The van der Waals surface area contributed by atoms with Gasteiger partial charge in [0.15, 0.2) is 6.10 Å². The first-order valence-electron chi connectivity index (χ1n) is 10.8. The molecule has 0 heterocycles. The van der Waals surface area contributed by atoms with E-state index in [4.69, 9.17) is 14.5 Å². The van der Waals surface area contributed by atoms with E-state index in [0.29, 0.717) is 6.42 Å². The average molecular weight is 409 g/mol. The highest BCUT2D eigenvalue weighted by molar-refractivity contribution is 7.46. The lowest BCUT2D eigenvalue weighted by Gasteiger charge is -2.16. The lowest BCUT2D eigenvalue weighted by Crippen LogP contribution is -2.25. The van der Waals surface area contributed by atoms with Gasteiger partial charge in [-0.1, -0.05) is 96.8 Å². The highest BCUT2D eigenvalue weighted by atomic mass is 31.2. The Bertz CT molecular complexity index is 396. The number of carbonyl (C=O) groups is 1. The van der Waals surface area contributed by atoms with Crippen molar-refractivity contribution in [1.82, 2.24) is 0 Å². The zero-order chi connectivity index (χ0) is 20.4. The molecule has 0 spiro atoms. The molecule has 1 unspecified atom stereocenters. The fraction of sp³-hybridized carbons (Fsp3) is 0.950. The van der Waals surface area contributed by atoms with Gasteiger partial charge in [-0.25, -0.2) is 9.36 Å². The molecule has 6 nitrogen and oxygen atoms in total. The lowest BCUT2D eigenvalue weighted by molar-refractivity contribution is -0.152. The molecule has 0 radical (unpaired) electrons. The van der Waals surface area contributed by atoms with Crippen molar-refractivity contribution in [2.75, 3.05) is 6.61 Å². The molecule has 0 amide bonds. The van der Waals surface area contributed by atoms with Crippen molar-refractivity contribution in [1.29, 1.82) is 0 Å². The smallest absolute Gasteiger partial charge is 0.464 e. The highest BCUT2D eigenvalue weighted by Gasteiger charge is 2.28. The first kappa shape index (κ1) is 26.6. The molecule has 7 heteroatoms. The Balaban J connectivity index is 3.59. The normalized spacial score (nSPS) is 12.9. The van der Waals surface area contributed by atoms with E-state index >= 15 is 0 Å². The maximum Gasteiger partial charge on any atom is 0.470 e. The van der Waals surface area contributed by atoms with Crippen LogP contribution in [0.25, 0.3) is 0 Å². The van der Waals surface area contributed by atoms with Gasteiger partial charge in [-0.2, -0.15) is 0 Å². The molecule has 0 rings (SSSR count). The standard InChI is InChI=1S/C20H41O6P/c1-3-5-6-7-8-9-10-11-12-13-14-15-16-17-18-19(20(21)25-4-2)26-27(22,23)24/h19H,3-18H2,1-2H3,(H2,22,23,24). The van der Waals surface area contributed by atoms with E-state index < -0.39 is 19.9 Å². The minimum Gasteiger partial charge on any atom is -0.464 e. The van der Waals surface area contributed by atoms with Gasteiger partial charge in [-0.15, -0.1) is 0 Å². The lowest BCUT2D eigenvalue weighted by atomic mass is 10.0. The molecule has 0 aliphatic carbocycles. The molecule has 0 aliphatic rings. The third kappa shape index (κ3) is 18.7. The van der Waals surface area contributed by atoms with Crippen LogP contribution in [0.4, 0.5) is 0 Å². The summed E-state index contributed by atoms with van der Waals surface area (Å²) < 4.78 is 20.3. The largest absolute Gasteiger partial charge is 0.470 e. The van der Waals surface area contributed by atoms with Crippen molar-refractivity contribution < 1.29 is 28.4 Å². The van der Waals surface area contributed by atoms with Gasteiger partial charge >= 0.3 is 13.8 Å². The zero-order valence-electron chi connectivity index (χ0n) is 17.4. The number of phosphoric acid groups is 1. The summed E-state index contributed by atoms with van der Waals surface area (Å²) in [6.07, 6.45) is 16.3. The summed E-state index contributed by atoms with van der Waals surface area (Å²) in [7, 11) is -4.69. The second kappa shape index (κ2) is 17.7. The number of ether oxygens (including phenoxy) is 1. The molecular formula is C20H41O6P. The molecule has 0 aromatic rings. The van der Waals surface area contributed by atoms with Crippen molar-refractivity contribution in [3.8, 4) is 0 Å². The third-order valence-electron chi connectivity index (χ3n) is 4.63. The van der Waals surface area contributed by atoms with E-state index in [1.807, 2.05) is 0 Å². The number of phosphoric ester groups is 1. The second-order valence-corrected chi connectivity index (χ2v) is 8.41. The van der Waals surface area contributed by atoms with Crippen molar-refractivity contribution in [3.05, 3.63) is 0 Å². The molecule has 0 aliphatic heterocycles. The summed E-state index contributed by atoms with van der Waals surface area (Å²) in [5.41, 5.74) is 0. The van der Waals surface area contributed by atoms with Crippen LogP contribution in [0.5, 0.6) is 0 Å².